The lowest BCUT2D eigenvalue weighted by Gasteiger charge is -2.28. The first-order valence-corrected chi connectivity index (χ1v) is 5.95. The Labute approximate surface area is 102 Å². The summed E-state index contributed by atoms with van der Waals surface area (Å²) in [6.07, 6.45) is 0.920. The second-order valence-corrected chi connectivity index (χ2v) is 3.99. The van der Waals surface area contributed by atoms with Crippen LogP contribution in [-0.2, 0) is 0 Å². The van der Waals surface area contributed by atoms with Crippen molar-refractivity contribution in [2.45, 2.75) is 25.8 Å². The lowest BCUT2D eigenvalue weighted by atomic mass is 10.1. The van der Waals surface area contributed by atoms with Gasteiger partial charge in [0.25, 0.3) is 0 Å². The molecule has 0 fully saturated rings. The standard InChI is InChI=1S/C13H20N2O2/c1-2-3-9-15(13(16)17)12(10-14)11-7-5-4-6-8-11/h4-8,12H,2-3,9-10,14H2,1H3,(H,16,17). The first-order chi connectivity index (χ1) is 8.20. The van der Waals surface area contributed by atoms with Gasteiger partial charge in [0.2, 0.25) is 0 Å². The molecule has 3 N–H and O–H groups in total. The average molecular weight is 236 g/mol. The van der Waals surface area contributed by atoms with E-state index in [1.807, 2.05) is 37.3 Å². The Kier molecular flexibility index (Phi) is 5.49. The lowest BCUT2D eigenvalue weighted by Crippen LogP contribution is -2.38. The van der Waals surface area contributed by atoms with Crippen molar-refractivity contribution in [3.8, 4) is 0 Å². The molecular formula is C13H20N2O2. The molecule has 4 nitrogen and oxygen atoms in total. The quantitative estimate of drug-likeness (QED) is 0.797. The zero-order valence-electron chi connectivity index (χ0n) is 10.2. The lowest BCUT2D eigenvalue weighted by molar-refractivity contribution is 0.124. The summed E-state index contributed by atoms with van der Waals surface area (Å²) in [5.41, 5.74) is 6.66. The highest BCUT2D eigenvalue weighted by Crippen LogP contribution is 2.20. The maximum Gasteiger partial charge on any atom is 0.407 e. The molecule has 0 aliphatic heterocycles. The highest BCUT2D eigenvalue weighted by molar-refractivity contribution is 5.65. The van der Waals surface area contributed by atoms with Gasteiger partial charge in [-0.3, -0.25) is 0 Å². The van der Waals surface area contributed by atoms with E-state index in [1.54, 1.807) is 0 Å². The summed E-state index contributed by atoms with van der Waals surface area (Å²) in [5, 5.41) is 9.23. The van der Waals surface area contributed by atoms with Crippen molar-refractivity contribution < 1.29 is 9.90 Å². The smallest absolute Gasteiger partial charge is 0.407 e. The van der Waals surface area contributed by atoms with Crippen molar-refractivity contribution in [2.24, 2.45) is 5.73 Å². The minimum Gasteiger partial charge on any atom is -0.465 e. The molecule has 0 radical (unpaired) electrons. The molecule has 0 aliphatic rings. The summed E-state index contributed by atoms with van der Waals surface area (Å²) in [6, 6.07) is 9.29. The first kappa shape index (κ1) is 13.5. The number of carbonyl (C=O) groups is 1. The zero-order chi connectivity index (χ0) is 12.7. The van der Waals surface area contributed by atoms with Crippen LogP contribution in [0.1, 0.15) is 31.4 Å². The molecule has 0 heterocycles. The number of benzene rings is 1. The van der Waals surface area contributed by atoms with E-state index in [0.717, 1.165) is 18.4 Å². The van der Waals surface area contributed by atoms with Gasteiger partial charge in [0.1, 0.15) is 0 Å². The Hall–Kier alpha value is -1.55. The van der Waals surface area contributed by atoms with Gasteiger partial charge in [0, 0.05) is 13.1 Å². The predicted molar refractivity (Wildman–Crippen MR) is 67.9 cm³/mol. The Morgan fingerprint density at radius 2 is 2.06 bits per heavy atom. The van der Waals surface area contributed by atoms with E-state index < -0.39 is 6.09 Å². The van der Waals surface area contributed by atoms with Crippen LogP contribution >= 0.6 is 0 Å². The highest BCUT2D eigenvalue weighted by atomic mass is 16.4. The van der Waals surface area contributed by atoms with E-state index in [4.69, 9.17) is 5.73 Å². The molecule has 4 heteroatoms. The number of carboxylic acid groups (broad SMARTS) is 1. The van der Waals surface area contributed by atoms with Crippen LogP contribution < -0.4 is 5.73 Å². The molecule has 0 saturated carbocycles. The molecular weight excluding hydrogens is 216 g/mol. The van der Waals surface area contributed by atoms with Crippen molar-refractivity contribution in [1.29, 1.82) is 0 Å². The third kappa shape index (κ3) is 3.75. The number of nitrogens with two attached hydrogens (primary N) is 1. The summed E-state index contributed by atoms with van der Waals surface area (Å²) < 4.78 is 0. The van der Waals surface area contributed by atoms with Crippen LogP contribution in [0.15, 0.2) is 30.3 Å². The number of hydrogen-bond acceptors (Lipinski definition) is 2. The average Bonchev–Trinajstić information content (AvgIpc) is 2.35. The van der Waals surface area contributed by atoms with E-state index >= 15 is 0 Å². The van der Waals surface area contributed by atoms with Gasteiger partial charge < -0.3 is 15.7 Å². The number of rotatable bonds is 6. The number of hydrogen-bond donors (Lipinski definition) is 2. The maximum atomic E-state index is 11.2. The van der Waals surface area contributed by atoms with Crippen molar-refractivity contribution in [2.75, 3.05) is 13.1 Å². The van der Waals surface area contributed by atoms with Gasteiger partial charge in [-0.25, -0.2) is 4.79 Å². The molecule has 0 bridgehead atoms. The van der Waals surface area contributed by atoms with Crippen molar-refractivity contribution in [3.63, 3.8) is 0 Å². The van der Waals surface area contributed by atoms with Gasteiger partial charge in [0.05, 0.1) is 6.04 Å². The fourth-order valence-corrected chi connectivity index (χ4v) is 1.83. The summed E-state index contributed by atoms with van der Waals surface area (Å²) in [7, 11) is 0. The second kappa shape index (κ2) is 6.91. The molecule has 0 aromatic heterocycles. The fourth-order valence-electron chi connectivity index (χ4n) is 1.83. The maximum absolute atomic E-state index is 11.2. The van der Waals surface area contributed by atoms with Gasteiger partial charge >= 0.3 is 6.09 Å². The van der Waals surface area contributed by atoms with E-state index in [9.17, 15) is 9.90 Å². The molecule has 94 valence electrons. The molecule has 0 aliphatic carbocycles. The summed E-state index contributed by atoms with van der Waals surface area (Å²) in [5.74, 6) is 0. The molecule has 1 atom stereocenters. The van der Waals surface area contributed by atoms with Crippen molar-refractivity contribution in [3.05, 3.63) is 35.9 Å². The number of nitrogens with zero attached hydrogens (tertiary/aromatic N) is 1. The molecule has 1 unspecified atom stereocenters. The highest BCUT2D eigenvalue weighted by Gasteiger charge is 2.22. The molecule has 1 amide bonds. The van der Waals surface area contributed by atoms with Crippen LogP contribution in [0.25, 0.3) is 0 Å². The molecule has 1 aromatic rings. The summed E-state index contributed by atoms with van der Waals surface area (Å²) >= 11 is 0. The Morgan fingerprint density at radius 3 is 2.53 bits per heavy atom. The van der Waals surface area contributed by atoms with Crippen LogP contribution in [0.4, 0.5) is 4.79 Å². The molecule has 0 saturated heterocycles. The Balaban J connectivity index is 2.85. The summed E-state index contributed by atoms with van der Waals surface area (Å²) in [6.45, 7) is 2.88. The van der Waals surface area contributed by atoms with Crippen LogP contribution in [0.5, 0.6) is 0 Å². The van der Waals surface area contributed by atoms with Crippen LogP contribution in [0.3, 0.4) is 0 Å². The van der Waals surface area contributed by atoms with Crippen LogP contribution in [0, 0.1) is 0 Å². The zero-order valence-corrected chi connectivity index (χ0v) is 10.2. The van der Waals surface area contributed by atoms with Crippen LogP contribution in [0.2, 0.25) is 0 Å². The van der Waals surface area contributed by atoms with Gasteiger partial charge in [0.15, 0.2) is 0 Å². The van der Waals surface area contributed by atoms with E-state index in [2.05, 4.69) is 0 Å². The van der Waals surface area contributed by atoms with Gasteiger partial charge in [-0.1, -0.05) is 43.7 Å². The van der Waals surface area contributed by atoms with Crippen LogP contribution in [-0.4, -0.2) is 29.2 Å². The molecule has 17 heavy (non-hydrogen) atoms. The van der Waals surface area contributed by atoms with Crippen molar-refractivity contribution in [1.82, 2.24) is 4.90 Å². The monoisotopic (exact) mass is 236 g/mol. The number of amides is 1. The minimum atomic E-state index is -0.905. The van der Waals surface area contributed by atoms with Gasteiger partial charge in [-0.2, -0.15) is 0 Å². The van der Waals surface area contributed by atoms with E-state index in [0.29, 0.717) is 13.1 Å². The Morgan fingerprint density at radius 1 is 1.41 bits per heavy atom. The Bertz CT molecular complexity index is 341. The predicted octanol–water partition coefficient (Wildman–Crippen LogP) is 2.47. The molecule has 1 aromatic carbocycles. The third-order valence-electron chi connectivity index (χ3n) is 2.78. The topological polar surface area (TPSA) is 66.6 Å². The number of unbranched alkanes of at least 4 members (excludes halogenated alkanes) is 1. The largest absolute Gasteiger partial charge is 0.465 e. The van der Waals surface area contributed by atoms with Gasteiger partial charge in [-0.05, 0) is 12.0 Å². The van der Waals surface area contributed by atoms with E-state index in [1.165, 1.54) is 4.90 Å². The second-order valence-electron chi connectivity index (χ2n) is 3.99. The first-order valence-electron chi connectivity index (χ1n) is 5.95. The van der Waals surface area contributed by atoms with E-state index in [-0.39, 0.29) is 6.04 Å². The SMILES string of the molecule is CCCCN(C(=O)O)C(CN)c1ccccc1. The molecule has 0 spiro atoms. The minimum absolute atomic E-state index is 0.250. The van der Waals surface area contributed by atoms with Crippen molar-refractivity contribution >= 4 is 6.09 Å². The normalized spacial score (nSPS) is 12.1. The summed E-state index contributed by atoms with van der Waals surface area (Å²) in [4.78, 5) is 12.7. The van der Waals surface area contributed by atoms with Gasteiger partial charge in [-0.15, -0.1) is 0 Å². The third-order valence-corrected chi connectivity index (χ3v) is 2.78. The molecule has 1 rings (SSSR count). The fraction of sp³-hybridized carbons (Fsp3) is 0.462.